The third-order valence-electron chi connectivity index (χ3n) is 4.69. The van der Waals surface area contributed by atoms with Crippen molar-refractivity contribution in [3.8, 4) is 17.2 Å². The first kappa shape index (κ1) is 28.0. The maximum absolute atomic E-state index is 12.5. The number of methoxy groups -OCH3 is 2. The minimum Gasteiger partial charge on any atom is -0.496 e. The van der Waals surface area contributed by atoms with E-state index in [2.05, 4.69) is 4.98 Å². The molecule has 0 radical (unpaired) electrons. The standard InChI is InChI=1S/C25H31NO6.ClH/c1-4-31-25(28)13-7-5-6-10-16-32-23-17-19(26-18-24(23)30-3)14-15-21(27)20-11-8-9-12-22(20)29-2;/h8-9,11-12,14-15,17-18H,4-7,10,13,16H2,1-3H3;1H. The lowest BCUT2D eigenvalue weighted by molar-refractivity contribution is -0.143. The van der Waals surface area contributed by atoms with Crippen LogP contribution < -0.4 is 14.2 Å². The van der Waals surface area contributed by atoms with E-state index < -0.39 is 0 Å². The third kappa shape index (κ3) is 9.53. The number of carbonyl (C=O) groups is 2. The van der Waals surface area contributed by atoms with Crippen molar-refractivity contribution in [2.75, 3.05) is 27.4 Å². The van der Waals surface area contributed by atoms with Gasteiger partial charge in [-0.05, 0) is 44.1 Å². The fraction of sp³-hybridized carbons (Fsp3) is 0.400. The SMILES string of the molecule is CCOC(=O)CCCCCCOc1cc(C=CC(=O)c2ccccc2OC)ncc1OC.Cl. The number of unbranched alkanes of at least 4 members (excludes halogenated alkanes) is 3. The number of benzene rings is 1. The Kier molecular flexibility index (Phi) is 13.3. The molecule has 2 aromatic rings. The van der Waals surface area contributed by atoms with Gasteiger partial charge in [0.05, 0.1) is 44.9 Å². The maximum atomic E-state index is 12.5. The first-order valence-electron chi connectivity index (χ1n) is 10.8. The van der Waals surface area contributed by atoms with E-state index in [0.717, 1.165) is 25.7 Å². The summed E-state index contributed by atoms with van der Waals surface area (Å²) in [5.41, 5.74) is 1.07. The number of pyridine rings is 1. The van der Waals surface area contributed by atoms with E-state index in [-0.39, 0.29) is 24.2 Å². The topological polar surface area (TPSA) is 84.0 Å². The fourth-order valence-electron chi connectivity index (χ4n) is 3.04. The van der Waals surface area contributed by atoms with Gasteiger partial charge in [-0.15, -0.1) is 12.4 Å². The van der Waals surface area contributed by atoms with Gasteiger partial charge in [0.1, 0.15) is 5.75 Å². The normalized spacial score (nSPS) is 10.4. The van der Waals surface area contributed by atoms with E-state index in [1.54, 1.807) is 43.6 Å². The number of hydrogen-bond acceptors (Lipinski definition) is 7. The molecule has 0 aliphatic carbocycles. The minimum absolute atomic E-state index is 0. The van der Waals surface area contributed by atoms with Gasteiger partial charge < -0.3 is 18.9 Å². The number of halogens is 1. The third-order valence-corrected chi connectivity index (χ3v) is 4.69. The summed E-state index contributed by atoms with van der Waals surface area (Å²) in [5, 5.41) is 0. The molecule has 1 heterocycles. The predicted molar refractivity (Wildman–Crippen MR) is 130 cm³/mol. The van der Waals surface area contributed by atoms with Crippen LogP contribution in [0.3, 0.4) is 0 Å². The van der Waals surface area contributed by atoms with E-state index in [1.165, 1.54) is 13.2 Å². The van der Waals surface area contributed by atoms with Crippen LogP contribution in [0.2, 0.25) is 0 Å². The van der Waals surface area contributed by atoms with Gasteiger partial charge in [-0.25, -0.2) is 0 Å². The highest BCUT2D eigenvalue weighted by Crippen LogP contribution is 2.27. The molecule has 8 heteroatoms. The lowest BCUT2D eigenvalue weighted by Crippen LogP contribution is -2.03. The van der Waals surface area contributed by atoms with Crippen LogP contribution in [0.25, 0.3) is 6.08 Å². The number of rotatable bonds is 14. The van der Waals surface area contributed by atoms with Gasteiger partial charge in [0.25, 0.3) is 0 Å². The van der Waals surface area contributed by atoms with Gasteiger partial charge >= 0.3 is 5.97 Å². The van der Waals surface area contributed by atoms with E-state index in [9.17, 15) is 9.59 Å². The largest absolute Gasteiger partial charge is 0.496 e. The number of nitrogens with zero attached hydrogens (tertiary/aromatic N) is 1. The number of allylic oxidation sites excluding steroid dienone is 1. The molecule has 33 heavy (non-hydrogen) atoms. The van der Waals surface area contributed by atoms with Crippen molar-refractivity contribution in [1.29, 1.82) is 0 Å². The Morgan fingerprint density at radius 2 is 1.70 bits per heavy atom. The Morgan fingerprint density at radius 3 is 2.42 bits per heavy atom. The molecule has 180 valence electrons. The number of carbonyl (C=O) groups excluding carboxylic acids is 2. The van der Waals surface area contributed by atoms with E-state index in [0.29, 0.717) is 48.1 Å². The Labute approximate surface area is 201 Å². The van der Waals surface area contributed by atoms with Gasteiger partial charge in [-0.1, -0.05) is 25.0 Å². The molecular weight excluding hydrogens is 446 g/mol. The maximum Gasteiger partial charge on any atom is 0.305 e. The van der Waals surface area contributed by atoms with Crippen LogP contribution in [0.5, 0.6) is 17.2 Å². The average Bonchev–Trinajstić information content (AvgIpc) is 2.82. The molecule has 0 saturated heterocycles. The van der Waals surface area contributed by atoms with Crippen molar-refractivity contribution in [2.24, 2.45) is 0 Å². The summed E-state index contributed by atoms with van der Waals surface area (Å²) in [5.74, 6) is 1.30. The molecule has 0 atom stereocenters. The number of para-hydroxylation sites is 1. The van der Waals surface area contributed by atoms with Gasteiger partial charge in [0.2, 0.25) is 0 Å². The molecule has 1 aromatic heterocycles. The average molecular weight is 478 g/mol. The molecule has 0 fully saturated rings. The molecule has 0 spiro atoms. The summed E-state index contributed by atoms with van der Waals surface area (Å²) in [7, 11) is 3.09. The molecule has 1 aromatic carbocycles. The first-order valence-corrected chi connectivity index (χ1v) is 10.8. The summed E-state index contributed by atoms with van der Waals surface area (Å²) in [6.45, 7) is 2.75. The van der Waals surface area contributed by atoms with E-state index >= 15 is 0 Å². The van der Waals surface area contributed by atoms with Gasteiger partial charge in [0.15, 0.2) is 17.3 Å². The monoisotopic (exact) mass is 477 g/mol. The van der Waals surface area contributed by atoms with Gasteiger partial charge in [-0.3, -0.25) is 14.6 Å². The minimum atomic E-state index is -0.176. The second-order valence-corrected chi connectivity index (χ2v) is 6.98. The molecule has 0 amide bonds. The molecule has 0 aliphatic heterocycles. The highest BCUT2D eigenvalue weighted by molar-refractivity contribution is 6.08. The van der Waals surface area contributed by atoms with Crippen molar-refractivity contribution >= 4 is 30.2 Å². The molecule has 0 bridgehead atoms. The van der Waals surface area contributed by atoms with Crippen molar-refractivity contribution < 1.29 is 28.5 Å². The van der Waals surface area contributed by atoms with Crippen LogP contribution in [0.4, 0.5) is 0 Å². The summed E-state index contributed by atoms with van der Waals surface area (Å²) in [4.78, 5) is 28.1. The highest BCUT2D eigenvalue weighted by Gasteiger charge is 2.10. The second kappa shape index (κ2) is 15.7. The quantitative estimate of drug-likeness (QED) is 0.158. The number of hydrogen-bond donors (Lipinski definition) is 0. The molecule has 0 saturated carbocycles. The Morgan fingerprint density at radius 1 is 0.970 bits per heavy atom. The first-order chi connectivity index (χ1) is 15.6. The Balaban J connectivity index is 0.00000544. The fourth-order valence-corrected chi connectivity index (χ4v) is 3.04. The number of esters is 1. The highest BCUT2D eigenvalue weighted by atomic mass is 35.5. The summed E-state index contributed by atoms with van der Waals surface area (Å²) < 4.78 is 21.4. The zero-order valence-electron chi connectivity index (χ0n) is 19.4. The Bertz CT molecular complexity index is 916. The molecular formula is C25H32ClNO6. The zero-order chi connectivity index (χ0) is 23.2. The molecule has 0 unspecified atom stereocenters. The van der Waals surface area contributed by atoms with Crippen LogP contribution in [0.1, 0.15) is 55.1 Å². The molecule has 7 nitrogen and oxygen atoms in total. The van der Waals surface area contributed by atoms with E-state index in [1.807, 2.05) is 13.0 Å². The zero-order valence-corrected chi connectivity index (χ0v) is 20.2. The van der Waals surface area contributed by atoms with Crippen LogP contribution in [0.15, 0.2) is 42.6 Å². The number of ketones is 1. The smallest absolute Gasteiger partial charge is 0.305 e. The number of ether oxygens (including phenoxy) is 4. The van der Waals surface area contributed by atoms with Crippen LogP contribution in [-0.4, -0.2) is 44.2 Å². The van der Waals surface area contributed by atoms with Crippen molar-refractivity contribution in [2.45, 2.75) is 39.0 Å². The molecule has 2 rings (SSSR count). The van der Waals surface area contributed by atoms with Crippen LogP contribution >= 0.6 is 12.4 Å². The summed E-state index contributed by atoms with van der Waals surface area (Å²) >= 11 is 0. The molecule has 0 N–H and O–H groups in total. The number of aromatic nitrogens is 1. The predicted octanol–water partition coefficient (Wildman–Crippen LogP) is 5.31. The summed E-state index contributed by atoms with van der Waals surface area (Å²) in [6.07, 6.45) is 8.68. The van der Waals surface area contributed by atoms with E-state index in [4.69, 9.17) is 18.9 Å². The lowest BCUT2D eigenvalue weighted by Gasteiger charge is -2.11. The molecule has 0 aliphatic rings. The Hall–Kier alpha value is -3.06. The lowest BCUT2D eigenvalue weighted by atomic mass is 10.1. The van der Waals surface area contributed by atoms with Crippen molar-refractivity contribution in [3.05, 3.63) is 53.9 Å². The van der Waals surface area contributed by atoms with Gasteiger partial charge in [-0.2, -0.15) is 0 Å². The summed E-state index contributed by atoms with van der Waals surface area (Å²) in [6, 6.07) is 8.81. The second-order valence-electron chi connectivity index (χ2n) is 6.98. The van der Waals surface area contributed by atoms with Crippen molar-refractivity contribution in [1.82, 2.24) is 4.98 Å². The van der Waals surface area contributed by atoms with Crippen LogP contribution in [0, 0.1) is 0 Å². The van der Waals surface area contributed by atoms with Crippen molar-refractivity contribution in [3.63, 3.8) is 0 Å². The van der Waals surface area contributed by atoms with Crippen LogP contribution in [-0.2, 0) is 9.53 Å². The van der Waals surface area contributed by atoms with Gasteiger partial charge in [0, 0.05) is 12.5 Å².